The first-order valence-electron chi connectivity index (χ1n) is 11.1. The van der Waals surface area contributed by atoms with Crippen LogP contribution in [0.15, 0.2) is 43.0 Å². The number of aromatic nitrogens is 2. The molecule has 0 bridgehead atoms. The average Bonchev–Trinajstić information content (AvgIpc) is 3.53. The van der Waals surface area contributed by atoms with Gasteiger partial charge in [0.25, 0.3) is 5.91 Å². The predicted molar refractivity (Wildman–Crippen MR) is 132 cm³/mol. The zero-order chi connectivity index (χ0) is 24.1. The SMILES string of the molecule is O=C(NCC(=O)N1CCC[C@H]1C(=O)N1CCC[C@H]1C(=O)Nc1cccnc1)c1cncc(I)c1. The molecule has 0 aliphatic carbocycles. The summed E-state index contributed by atoms with van der Waals surface area (Å²) < 4.78 is 0.814. The highest BCUT2D eigenvalue weighted by atomic mass is 127. The zero-order valence-electron chi connectivity index (χ0n) is 18.4. The molecule has 34 heavy (non-hydrogen) atoms. The lowest BCUT2D eigenvalue weighted by molar-refractivity contribution is -0.145. The van der Waals surface area contributed by atoms with Gasteiger partial charge in [-0.05, 0) is 66.5 Å². The van der Waals surface area contributed by atoms with Gasteiger partial charge in [-0.15, -0.1) is 0 Å². The van der Waals surface area contributed by atoms with Crippen molar-refractivity contribution in [3.8, 4) is 0 Å². The van der Waals surface area contributed by atoms with Gasteiger partial charge in [-0.25, -0.2) is 0 Å². The van der Waals surface area contributed by atoms with Crippen LogP contribution in [0.5, 0.6) is 0 Å². The summed E-state index contributed by atoms with van der Waals surface area (Å²) >= 11 is 2.06. The van der Waals surface area contributed by atoms with E-state index in [4.69, 9.17) is 0 Å². The fourth-order valence-corrected chi connectivity index (χ4v) is 4.87. The van der Waals surface area contributed by atoms with Gasteiger partial charge in [0.05, 0.1) is 24.0 Å². The van der Waals surface area contributed by atoms with Crippen molar-refractivity contribution in [2.45, 2.75) is 37.8 Å². The number of nitrogens with one attached hydrogen (secondary N) is 2. The Kier molecular flexibility index (Phi) is 7.70. The maximum absolute atomic E-state index is 13.4. The lowest BCUT2D eigenvalue weighted by Gasteiger charge is -2.31. The third-order valence-electron chi connectivity index (χ3n) is 5.99. The standard InChI is InChI=1S/C23H25IN6O4/c24-16-10-15(11-26-12-16)21(32)27-14-20(31)29-8-3-6-19(29)23(34)30-9-2-5-18(30)22(33)28-17-4-1-7-25-13-17/h1,4,7,10-13,18-19H,2-3,5-6,8-9,14H2,(H,27,32)(H,28,33)/t18-,19-/m0/s1. The summed E-state index contributed by atoms with van der Waals surface area (Å²) in [5.41, 5.74) is 0.941. The van der Waals surface area contributed by atoms with Crippen LogP contribution in [-0.2, 0) is 14.4 Å². The highest BCUT2D eigenvalue weighted by Gasteiger charge is 2.42. The highest BCUT2D eigenvalue weighted by molar-refractivity contribution is 14.1. The molecule has 0 saturated carbocycles. The molecule has 2 saturated heterocycles. The van der Waals surface area contributed by atoms with Gasteiger partial charge in [0, 0.05) is 35.3 Å². The molecule has 0 aromatic carbocycles. The van der Waals surface area contributed by atoms with E-state index in [-0.39, 0.29) is 24.3 Å². The number of nitrogens with zero attached hydrogens (tertiary/aromatic N) is 4. The van der Waals surface area contributed by atoms with E-state index >= 15 is 0 Å². The fraction of sp³-hybridized carbons (Fsp3) is 0.391. The van der Waals surface area contributed by atoms with Gasteiger partial charge in [-0.3, -0.25) is 29.1 Å². The Balaban J connectivity index is 1.36. The number of amides is 4. The summed E-state index contributed by atoms with van der Waals surface area (Å²) in [7, 11) is 0. The molecule has 10 nitrogen and oxygen atoms in total. The van der Waals surface area contributed by atoms with Gasteiger partial charge in [0.2, 0.25) is 17.7 Å². The second kappa shape index (κ2) is 10.9. The summed E-state index contributed by atoms with van der Waals surface area (Å²) in [6.07, 6.45) is 8.75. The maximum Gasteiger partial charge on any atom is 0.253 e. The van der Waals surface area contributed by atoms with Crippen LogP contribution in [0.25, 0.3) is 0 Å². The molecule has 2 N–H and O–H groups in total. The van der Waals surface area contributed by atoms with Crippen molar-refractivity contribution in [2.75, 3.05) is 25.0 Å². The van der Waals surface area contributed by atoms with Crippen molar-refractivity contribution in [1.29, 1.82) is 0 Å². The van der Waals surface area contributed by atoms with Gasteiger partial charge in [0.15, 0.2) is 0 Å². The predicted octanol–water partition coefficient (Wildman–Crippen LogP) is 1.43. The fourth-order valence-electron chi connectivity index (χ4n) is 4.37. The zero-order valence-corrected chi connectivity index (χ0v) is 20.6. The van der Waals surface area contributed by atoms with Gasteiger partial charge >= 0.3 is 0 Å². The first-order chi connectivity index (χ1) is 16.4. The van der Waals surface area contributed by atoms with Crippen LogP contribution in [0.1, 0.15) is 36.0 Å². The number of carbonyl (C=O) groups is 4. The molecule has 0 radical (unpaired) electrons. The van der Waals surface area contributed by atoms with Crippen molar-refractivity contribution in [3.63, 3.8) is 0 Å². The number of halogens is 1. The van der Waals surface area contributed by atoms with Crippen LogP contribution in [-0.4, -0.2) is 75.1 Å². The number of anilines is 1. The number of rotatable bonds is 6. The molecule has 2 aliphatic rings. The quantitative estimate of drug-likeness (QED) is 0.502. The van der Waals surface area contributed by atoms with Crippen LogP contribution in [0.2, 0.25) is 0 Å². The second-order valence-electron chi connectivity index (χ2n) is 8.24. The van der Waals surface area contributed by atoms with Gasteiger partial charge in [0.1, 0.15) is 12.1 Å². The largest absolute Gasteiger partial charge is 0.343 e. The Morgan fingerprint density at radius 3 is 2.50 bits per heavy atom. The first kappa shape index (κ1) is 24.0. The highest BCUT2D eigenvalue weighted by Crippen LogP contribution is 2.25. The van der Waals surface area contributed by atoms with Crippen molar-refractivity contribution >= 4 is 51.9 Å². The lowest BCUT2D eigenvalue weighted by Crippen LogP contribution is -2.53. The normalized spacial score (nSPS) is 19.7. The van der Waals surface area contributed by atoms with Crippen molar-refractivity contribution < 1.29 is 19.2 Å². The number of pyridine rings is 2. The second-order valence-corrected chi connectivity index (χ2v) is 9.49. The molecule has 2 aliphatic heterocycles. The number of hydrogen-bond donors (Lipinski definition) is 2. The van der Waals surface area contributed by atoms with Crippen LogP contribution in [0, 0.1) is 3.57 Å². The average molecular weight is 576 g/mol. The van der Waals surface area contributed by atoms with E-state index in [2.05, 4.69) is 43.2 Å². The molecule has 2 aromatic heterocycles. The maximum atomic E-state index is 13.4. The minimum Gasteiger partial charge on any atom is -0.343 e. The molecule has 2 aromatic rings. The smallest absolute Gasteiger partial charge is 0.253 e. The lowest BCUT2D eigenvalue weighted by atomic mass is 10.1. The third kappa shape index (κ3) is 5.51. The molecule has 4 amide bonds. The monoisotopic (exact) mass is 576 g/mol. The molecule has 4 rings (SSSR count). The van der Waals surface area contributed by atoms with Crippen LogP contribution in [0.4, 0.5) is 5.69 Å². The Morgan fingerprint density at radius 1 is 1.00 bits per heavy atom. The topological polar surface area (TPSA) is 125 Å². The Labute approximate surface area is 210 Å². The molecular weight excluding hydrogens is 551 g/mol. The van der Waals surface area contributed by atoms with Crippen molar-refractivity contribution in [3.05, 3.63) is 52.1 Å². The number of hydrogen-bond acceptors (Lipinski definition) is 6. The minimum absolute atomic E-state index is 0.209. The van der Waals surface area contributed by atoms with Gasteiger partial charge in [-0.2, -0.15) is 0 Å². The summed E-state index contributed by atoms with van der Waals surface area (Å²) in [5.74, 6) is -1.19. The van der Waals surface area contributed by atoms with Crippen molar-refractivity contribution in [2.24, 2.45) is 0 Å². The van der Waals surface area contributed by atoms with E-state index in [1.54, 1.807) is 41.7 Å². The summed E-state index contributed by atoms with van der Waals surface area (Å²) in [6.45, 7) is 0.703. The summed E-state index contributed by atoms with van der Waals surface area (Å²) in [4.78, 5) is 62.5. The van der Waals surface area contributed by atoms with E-state index < -0.39 is 18.0 Å². The van der Waals surface area contributed by atoms with Crippen LogP contribution in [0.3, 0.4) is 0 Å². The van der Waals surface area contributed by atoms with E-state index in [0.717, 1.165) is 9.99 Å². The molecule has 2 fully saturated rings. The summed E-state index contributed by atoms with van der Waals surface area (Å²) in [5, 5.41) is 5.43. The first-order valence-corrected chi connectivity index (χ1v) is 12.2. The number of likely N-dealkylation sites (tertiary alicyclic amines) is 2. The number of carbonyl (C=O) groups excluding carboxylic acids is 4. The minimum atomic E-state index is -0.629. The Bertz CT molecular complexity index is 1080. The molecule has 0 spiro atoms. The summed E-state index contributed by atoms with van der Waals surface area (Å²) in [6, 6.07) is 3.93. The van der Waals surface area contributed by atoms with E-state index in [9.17, 15) is 19.2 Å². The molecule has 178 valence electrons. The molecule has 4 heterocycles. The van der Waals surface area contributed by atoms with Crippen LogP contribution >= 0.6 is 22.6 Å². The van der Waals surface area contributed by atoms with Gasteiger partial charge in [-0.1, -0.05) is 0 Å². The Morgan fingerprint density at radius 2 is 1.76 bits per heavy atom. The van der Waals surface area contributed by atoms with E-state index in [1.165, 1.54) is 11.1 Å². The Hall–Kier alpha value is -3.09. The molecule has 0 unspecified atom stereocenters. The van der Waals surface area contributed by atoms with E-state index in [1.807, 2.05) is 0 Å². The molecule has 11 heteroatoms. The van der Waals surface area contributed by atoms with Crippen molar-refractivity contribution in [1.82, 2.24) is 25.1 Å². The third-order valence-corrected chi connectivity index (χ3v) is 6.58. The molecular formula is C23H25IN6O4. The van der Waals surface area contributed by atoms with Gasteiger partial charge < -0.3 is 20.4 Å². The van der Waals surface area contributed by atoms with Crippen LogP contribution < -0.4 is 10.6 Å². The van der Waals surface area contributed by atoms with E-state index in [0.29, 0.717) is 43.6 Å². The molecule has 2 atom stereocenters.